The van der Waals surface area contributed by atoms with Gasteiger partial charge in [-0.3, -0.25) is 0 Å². The molecular formula is C13H17N3O2. The predicted octanol–water partition coefficient (Wildman–Crippen LogP) is 1.72. The molecule has 2 rings (SSSR count). The third-order valence-electron chi connectivity index (χ3n) is 2.65. The Morgan fingerprint density at radius 2 is 2.28 bits per heavy atom. The summed E-state index contributed by atoms with van der Waals surface area (Å²) in [6, 6.07) is 7.65. The van der Waals surface area contributed by atoms with E-state index in [0.29, 0.717) is 13.1 Å². The first kappa shape index (κ1) is 12.4. The highest BCUT2D eigenvalue weighted by molar-refractivity contribution is 5.48. The Bertz CT molecular complexity index is 454. The van der Waals surface area contributed by atoms with Crippen LogP contribution in [0.3, 0.4) is 0 Å². The maximum atomic E-state index is 8.86. The third-order valence-corrected chi connectivity index (χ3v) is 2.65. The second-order valence-corrected chi connectivity index (χ2v) is 3.98. The molecule has 96 valence electrons. The van der Waals surface area contributed by atoms with Gasteiger partial charge in [0.2, 0.25) is 0 Å². The molecule has 0 spiro atoms. The molecule has 2 aromatic heterocycles. The largest absolute Gasteiger partial charge is 0.467 e. The van der Waals surface area contributed by atoms with Crippen LogP contribution in [0.25, 0.3) is 0 Å². The number of hydrogen-bond donors (Lipinski definition) is 2. The Morgan fingerprint density at radius 1 is 1.39 bits per heavy atom. The van der Waals surface area contributed by atoms with E-state index < -0.39 is 0 Å². The van der Waals surface area contributed by atoms with Crippen molar-refractivity contribution >= 4 is 11.5 Å². The van der Waals surface area contributed by atoms with Gasteiger partial charge in [-0.2, -0.15) is 0 Å². The van der Waals surface area contributed by atoms with Crippen molar-refractivity contribution in [1.82, 2.24) is 4.98 Å². The number of aromatic nitrogens is 1. The van der Waals surface area contributed by atoms with Crippen molar-refractivity contribution in [1.29, 1.82) is 0 Å². The number of likely N-dealkylation sites (N-methyl/N-ethyl adjacent to an activating group) is 1. The van der Waals surface area contributed by atoms with Crippen LogP contribution < -0.4 is 10.2 Å². The lowest BCUT2D eigenvalue weighted by Gasteiger charge is -2.17. The lowest BCUT2D eigenvalue weighted by molar-refractivity contribution is 0.304. The normalized spacial score (nSPS) is 10.3. The lowest BCUT2D eigenvalue weighted by Crippen LogP contribution is -2.21. The first-order chi connectivity index (χ1) is 8.79. The number of pyridine rings is 1. The van der Waals surface area contributed by atoms with Gasteiger partial charge in [-0.1, -0.05) is 0 Å². The highest BCUT2D eigenvalue weighted by atomic mass is 16.3. The van der Waals surface area contributed by atoms with Gasteiger partial charge in [-0.15, -0.1) is 0 Å². The molecule has 0 atom stereocenters. The Balaban J connectivity index is 1.91. The van der Waals surface area contributed by atoms with Crippen molar-refractivity contribution in [2.45, 2.75) is 6.54 Å². The summed E-state index contributed by atoms with van der Waals surface area (Å²) < 4.78 is 5.22. The molecule has 0 unspecified atom stereocenters. The summed E-state index contributed by atoms with van der Waals surface area (Å²) in [6.07, 6.45) is 3.43. The number of rotatable bonds is 6. The second-order valence-electron chi connectivity index (χ2n) is 3.98. The zero-order valence-electron chi connectivity index (χ0n) is 10.3. The van der Waals surface area contributed by atoms with E-state index >= 15 is 0 Å². The summed E-state index contributed by atoms with van der Waals surface area (Å²) in [5, 5.41) is 12.0. The highest BCUT2D eigenvalue weighted by Crippen LogP contribution is 2.14. The number of nitrogens with one attached hydrogen (secondary N) is 1. The van der Waals surface area contributed by atoms with E-state index in [1.165, 1.54) is 0 Å². The molecule has 5 nitrogen and oxygen atoms in total. The molecule has 0 saturated carbocycles. The zero-order valence-corrected chi connectivity index (χ0v) is 10.3. The van der Waals surface area contributed by atoms with Crippen LogP contribution in [0.5, 0.6) is 0 Å². The fraction of sp³-hybridized carbons (Fsp3) is 0.308. The smallest absolute Gasteiger partial charge is 0.126 e. The SMILES string of the molecule is CN(CCO)c1ccc(NCc2ccco2)nc1. The summed E-state index contributed by atoms with van der Waals surface area (Å²) in [7, 11) is 1.92. The first-order valence-corrected chi connectivity index (χ1v) is 5.84. The van der Waals surface area contributed by atoms with Gasteiger partial charge in [-0.05, 0) is 24.3 Å². The molecule has 2 heterocycles. The molecule has 0 radical (unpaired) electrons. The van der Waals surface area contributed by atoms with Crippen molar-refractivity contribution in [2.75, 3.05) is 30.4 Å². The van der Waals surface area contributed by atoms with Crippen LogP contribution >= 0.6 is 0 Å². The molecule has 2 aromatic rings. The predicted molar refractivity (Wildman–Crippen MR) is 70.6 cm³/mol. The van der Waals surface area contributed by atoms with Crippen LogP contribution in [-0.2, 0) is 6.54 Å². The molecule has 0 fully saturated rings. The van der Waals surface area contributed by atoms with Gasteiger partial charge in [0.25, 0.3) is 0 Å². The van der Waals surface area contributed by atoms with E-state index in [4.69, 9.17) is 9.52 Å². The van der Waals surface area contributed by atoms with E-state index in [1.807, 2.05) is 36.2 Å². The van der Waals surface area contributed by atoms with E-state index in [0.717, 1.165) is 17.3 Å². The maximum Gasteiger partial charge on any atom is 0.126 e. The molecule has 0 aromatic carbocycles. The van der Waals surface area contributed by atoms with Gasteiger partial charge in [0.1, 0.15) is 11.6 Å². The molecule has 5 heteroatoms. The molecule has 0 aliphatic rings. The van der Waals surface area contributed by atoms with E-state index in [1.54, 1.807) is 12.5 Å². The summed E-state index contributed by atoms with van der Waals surface area (Å²) in [4.78, 5) is 6.25. The minimum Gasteiger partial charge on any atom is -0.467 e. The number of nitrogens with zero attached hydrogens (tertiary/aromatic N) is 2. The molecule has 0 aliphatic heterocycles. The number of anilines is 2. The van der Waals surface area contributed by atoms with Crippen LogP contribution in [0.4, 0.5) is 11.5 Å². The fourth-order valence-electron chi connectivity index (χ4n) is 1.59. The minimum absolute atomic E-state index is 0.134. The van der Waals surface area contributed by atoms with E-state index in [-0.39, 0.29) is 6.61 Å². The Morgan fingerprint density at radius 3 is 2.89 bits per heavy atom. The Labute approximate surface area is 106 Å². The lowest BCUT2D eigenvalue weighted by atomic mass is 10.3. The fourth-order valence-corrected chi connectivity index (χ4v) is 1.59. The van der Waals surface area contributed by atoms with Crippen LogP contribution in [0, 0.1) is 0 Å². The molecule has 18 heavy (non-hydrogen) atoms. The average Bonchev–Trinajstić information content (AvgIpc) is 2.90. The summed E-state index contributed by atoms with van der Waals surface area (Å²) in [6.45, 7) is 1.35. The van der Waals surface area contributed by atoms with Gasteiger partial charge in [0, 0.05) is 13.6 Å². The first-order valence-electron chi connectivity index (χ1n) is 5.84. The summed E-state index contributed by atoms with van der Waals surface area (Å²) in [5.74, 6) is 1.67. The quantitative estimate of drug-likeness (QED) is 0.813. The van der Waals surface area contributed by atoms with Crippen molar-refractivity contribution in [3.8, 4) is 0 Å². The zero-order chi connectivity index (χ0) is 12.8. The van der Waals surface area contributed by atoms with E-state index in [9.17, 15) is 0 Å². The van der Waals surface area contributed by atoms with Crippen molar-refractivity contribution < 1.29 is 9.52 Å². The average molecular weight is 247 g/mol. The second kappa shape index (κ2) is 6.07. The molecule has 0 aliphatic carbocycles. The highest BCUT2D eigenvalue weighted by Gasteiger charge is 2.01. The molecule has 0 saturated heterocycles. The van der Waals surface area contributed by atoms with Gasteiger partial charge in [-0.25, -0.2) is 4.98 Å². The van der Waals surface area contributed by atoms with Crippen LogP contribution in [0.15, 0.2) is 41.1 Å². The number of furan rings is 1. The van der Waals surface area contributed by atoms with Gasteiger partial charge in [0.05, 0.1) is 31.3 Å². The van der Waals surface area contributed by atoms with Gasteiger partial charge in [0.15, 0.2) is 0 Å². The Hall–Kier alpha value is -2.01. The van der Waals surface area contributed by atoms with E-state index in [2.05, 4.69) is 10.3 Å². The standard InChI is InChI=1S/C13H17N3O2/c1-16(6-7-17)11-4-5-13(14-9-11)15-10-12-3-2-8-18-12/h2-5,8-9,17H,6-7,10H2,1H3,(H,14,15). The van der Waals surface area contributed by atoms with Gasteiger partial charge >= 0.3 is 0 Å². The summed E-state index contributed by atoms with van der Waals surface area (Å²) >= 11 is 0. The topological polar surface area (TPSA) is 61.5 Å². The molecular weight excluding hydrogens is 230 g/mol. The van der Waals surface area contributed by atoms with Gasteiger partial charge < -0.3 is 19.7 Å². The number of aliphatic hydroxyl groups excluding tert-OH is 1. The third kappa shape index (κ3) is 3.24. The minimum atomic E-state index is 0.134. The van der Waals surface area contributed by atoms with Crippen LogP contribution in [-0.4, -0.2) is 30.3 Å². The molecule has 0 amide bonds. The maximum absolute atomic E-state index is 8.86. The molecule has 2 N–H and O–H groups in total. The van der Waals surface area contributed by atoms with Crippen molar-refractivity contribution in [2.24, 2.45) is 0 Å². The Kier molecular flexibility index (Phi) is 4.20. The van der Waals surface area contributed by atoms with Crippen molar-refractivity contribution in [3.63, 3.8) is 0 Å². The number of aliphatic hydroxyl groups is 1. The molecule has 0 bridgehead atoms. The number of hydrogen-bond acceptors (Lipinski definition) is 5. The van der Waals surface area contributed by atoms with Crippen LogP contribution in [0.2, 0.25) is 0 Å². The van der Waals surface area contributed by atoms with Crippen molar-refractivity contribution in [3.05, 3.63) is 42.5 Å². The van der Waals surface area contributed by atoms with Crippen LogP contribution in [0.1, 0.15) is 5.76 Å². The monoisotopic (exact) mass is 247 g/mol. The summed E-state index contributed by atoms with van der Waals surface area (Å²) in [5.41, 5.74) is 0.979.